The van der Waals surface area contributed by atoms with Crippen molar-refractivity contribution in [2.75, 3.05) is 6.54 Å². The van der Waals surface area contributed by atoms with Crippen LogP contribution < -0.4 is 5.32 Å². The van der Waals surface area contributed by atoms with Gasteiger partial charge in [-0.25, -0.2) is 4.98 Å². The molecule has 0 aliphatic rings. The highest BCUT2D eigenvalue weighted by molar-refractivity contribution is 6.30. The summed E-state index contributed by atoms with van der Waals surface area (Å²) < 4.78 is 5.65. The normalized spacial score (nSPS) is 12.4. The van der Waals surface area contributed by atoms with Crippen LogP contribution in [-0.4, -0.2) is 33.4 Å². The number of H-pyrrole nitrogens is 1. The van der Waals surface area contributed by atoms with Crippen molar-refractivity contribution in [1.82, 2.24) is 20.2 Å². The minimum atomic E-state index is -0.206. The van der Waals surface area contributed by atoms with Crippen LogP contribution in [0, 0.1) is 0 Å². The standard InChI is InChI=1S/C26H29ClN4O2/c1-3-18(2)29-26(32)24-17-33-25(30-24)16-31(15-19-8-10-21(27)11-9-19)13-12-20-14-28-23-7-5-4-6-22(20)23/h4-11,14,17-18,28H,3,12-13,15-16H2,1-2H3,(H,29,32)/t18-/m1/s1. The summed E-state index contributed by atoms with van der Waals surface area (Å²) in [5.41, 5.74) is 3.88. The van der Waals surface area contributed by atoms with Crippen molar-refractivity contribution < 1.29 is 9.21 Å². The summed E-state index contributed by atoms with van der Waals surface area (Å²) in [6, 6.07) is 16.3. The Morgan fingerprint density at radius 1 is 1.18 bits per heavy atom. The summed E-state index contributed by atoms with van der Waals surface area (Å²) in [5, 5.41) is 4.88. The maximum absolute atomic E-state index is 12.4. The molecule has 0 aliphatic heterocycles. The van der Waals surface area contributed by atoms with Crippen LogP contribution in [0.5, 0.6) is 0 Å². The lowest BCUT2D eigenvalue weighted by atomic mass is 10.1. The second-order valence-corrected chi connectivity index (χ2v) is 8.79. The molecule has 1 amide bonds. The van der Waals surface area contributed by atoms with E-state index in [1.165, 1.54) is 17.2 Å². The van der Waals surface area contributed by atoms with Gasteiger partial charge < -0.3 is 14.7 Å². The first-order valence-electron chi connectivity index (χ1n) is 11.3. The van der Waals surface area contributed by atoms with E-state index in [0.717, 1.165) is 37.0 Å². The summed E-state index contributed by atoms with van der Waals surface area (Å²) in [4.78, 5) is 22.4. The number of benzene rings is 2. The van der Waals surface area contributed by atoms with E-state index in [1.807, 2.05) is 44.2 Å². The summed E-state index contributed by atoms with van der Waals surface area (Å²) in [7, 11) is 0. The van der Waals surface area contributed by atoms with Gasteiger partial charge >= 0.3 is 0 Å². The number of hydrogen-bond donors (Lipinski definition) is 2. The molecule has 2 heterocycles. The van der Waals surface area contributed by atoms with E-state index in [-0.39, 0.29) is 11.9 Å². The number of oxazole rings is 1. The van der Waals surface area contributed by atoms with Crippen molar-refractivity contribution >= 4 is 28.4 Å². The average molecular weight is 465 g/mol. The lowest BCUT2D eigenvalue weighted by Gasteiger charge is -2.21. The van der Waals surface area contributed by atoms with Gasteiger partial charge in [0.2, 0.25) is 5.89 Å². The Morgan fingerprint density at radius 3 is 2.76 bits per heavy atom. The molecule has 6 nitrogen and oxygen atoms in total. The molecule has 2 N–H and O–H groups in total. The summed E-state index contributed by atoms with van der Waals surface area (Å²) in [6.07, 6.45) is 5.25. The van der Waals surface area contributed by atoms with Crippen LogP contribution in [0.1, 0.15) is 47.8 Å². The fourth-order valence-electron chi connectivity index (χ4n) is 3.76. The molecule has 0 unspecified atom stereocenters. The monoisotopic (exact) mass is 464 g/mol. The molecule has 2 aromatic heterocycles. The Morgan fingerprint density at radius 2 is 1.97 bits per heavy atom. The van der Waals surface area contributed by atoms with Crippen LogP contribution in [0.2, 0.25) is 5.02 Å². The van der Waals surface area contributed by atoms with Gasteiger partial charge in [0.1, 0.15) is 6.26 Å². The lowest BCUT2D eigenvalue weighted by Crippen LogP contribution is -2.32. The maximum Gasteiger partial charge on any atom is 0.273 e. The largest absolute Gasteiger partial charge is 0.447 e. The van der Waals surface area contributed by atoms with Crippen LogP contribution >= 0.6 is 11.6 Å². The Kier molecular flexibility index (Phi) is 7.47. The average Bonchev–Trinajstić information content (AvgIpc) is 3.46. The summed E-state index contributed by atoms with van der Waals surface area (Å²) >= 11 is 6.06. The van der Waals surface area contributed by atoms with Crippen molar-refractivity contribution in [1.29, 1.82) is 0 Å². The zero-order valence-electron chi connectivity index (χ0n) is 19.0. The van der Waals surface area contributed by atoms with E-state index in [0.29, 0.717) is 23.2 Å². The van der Waals surface area contributed by atoms with Crippen LogP contribution in [0.3, 0.4) is 0 Å². The highest BCUT2D eigenvalue weighted by Gasteiger charge is 2.17. The molecular weight excluding hydrogens is 436 g/mol. The molecule has 4 rings (SSSR count). The number of rotatable bonds is 10. The SMILES string of the molecule is CC[C@@H](C)NC(=O)c1coc(CN(CCc2c[nH]c3ccccc23)Cc2ccc(Cl)cc2)n1. The number of nitrogens with one attached hydrogen (secondary N) is 2. The highest BCUT2D eigenvalue weighted by Crippen LogP contribution is 2.20. The number of para-hydroxylation sites is 1. The Hall–Kier alpha value is -3.09. The Bertz CT molecular complexity index is 1200. The van der Waals surface area contributed by atoms with Gasteiger partial charge in [0, 0.05) is 41.3 Å². The van der Waals surface area contributed by atoms with Gasteiger partial charge in [0.05, 0.1) is 6.54 Å². The molecule has 1 atom stereocenters. The van der Waals surface area contributed by atoms with Gasteiger partial charge in [-0.05, 0) is 49.1 Å². The van der Waals surface area contributed by atoms with E-state index in [1.54, 1.807) is 0 Å². The quantitative estimate of drug-likeness (QED) is 0.321. The summed E-state index contributed by atoms with van der Waals surface area (Å²) in [6.45, 7) is 6.03. The van der Waals surface area contributed by atoms with Crippen LogP contribution in [0.4, 0.5) is 0 Å². The minimum Gasteiger partial charge on any atom is -0.447 e. The van der Waals surface area contributed by atoms with Gasteiger partial charge in [-0.15, -0.1) is 0 Å². The summed E-state index contributed by atoms with van der Waals surface area (Å²) in [5.74, 6) is 0.319. The van der Waals surface area contributed by atoms with Crippen molar-refractivity contribution in [3.63, 3.8) is 0 Å². The smallest absolute Gasteiger partial charge is 0.273 e. The molecule has 0 aliphatic carbocycles. The highest BCUT2D eigenvalue weighted by atomic mass is 35.5. The van der Waals surface area contributed by atoms with Crippen molar-refractivity contribution in [2.45, 2.75) is 45.8 Å². The molecule has 0 radical (unpaired) electrons. The number of nitrogens with zero attached hydrogens (tertiary/aromatic N) is 2. The van der Waals surface area contributed by atoms with E-state index >= 15 is 0 Å². The number of carbonyl (C=O) groups is 1. The third-order valence-electron chi connectivity index (χ3n) is 5.82. The van der Waals surface area contributed by atoms with Crippen LogP contribution in [0.25, 0.3) is 10.9 Å². The van der Waals surface area contributed by atoms with Crippen LogP contribution in [0.15, 0.2) is 65.4 Å². The Balaban J connectivity index is 1.48. The molecule has 2 aromatic carbocycles. The second kappa shape index (κ2) is 10.7. The number of carbonyl (C=O) groups excluding carboxylic acids is 1. The molecular formula is C26H29ClN4O2. The zero-order chi connectivity index (χ0) is 23.2. The molecule has 0 fully saturated rings. The van der Waals surface area contributed by atoms with Crippen molar-refractivity contribution in [3.05, 3.63) is 88.7 Å². The van der Waals surface area contributed by atoms with Crippen molar-refractivity contribution in [2.24, 2.45) is 0 Å². The maximum atomic E-state index is 12.4. The number of fused-ring (bicyclic) bond motifs is 1. The third-order valence-corrected chi connectivity index (χ3v) is 6.08. The number of amides is 1. The topological polar surface area (TPSA) is 74.2 Å². The fraction of sp³-hybridized carbons (Fsp3) is 0.308. The third kappa shape index (κ3) is 6.03. The number of halogens is 1. The van der Waals surface area contributed by atoms with Gasteiger partial charge in [0.25, 0.3) is 5.91 Å². The van der Waals surface area contributed by atoms with E-state index < -0.39 is 0 Å². The molecule has 33 heavy (non-hydrogen) atoms. The molecule has 4 aromatic rings. The molecule has 7 heteroatoms. The molecule has 0 bridgehead atoms. The number of aromatic nitrogens is 2. The van der Waals surface area contributed by atoms with E-state index in [2.05, 4.69) is 44.6 Å². The van der Waals surface area contributed by atoms with Gasteiger partial charge in [-0.3, -0.25) is 9.69 Å². The van der Waals surface area contributed by atoms with Crippen molar-refractivity contribution in [3.8, 4) is 0 Å². The minimum absolute atomic E-state index is 0.0928. The first-order valence-corrected chi connectivity index (χ1v) is 11.7. The first-order chi connectivity index (χ1) is 16.0. The van der Waals surface area contributed by atoms with Gasteiger partial charge in [0.15, 0.2) is 5.69 Å². The molecule has 0 saturated carbocycles. The second-order valence-electron chi connectivity index (χ2n) is 8.36. The predicted molar refractivity (Wildman–Crippen MR) is 131 cm³/mol. The van der Waals surface area contributed by atoms with Gasteiger partial charge in [-0.1, -0.05) is 48.9 Å². The van der Waals surface area contributed by atoms with E-state index in [9.17, 15) is 4.79 Å². The molecule has 0 saturated heterocycles. The zero-order valence-corrected chi connectivity index (χ0v) is 19.7. The molecule has 172 valence electrons. The fourth-order valence-corrected chi connectivity index (χ4v) is 3.88. The molecule has 0 spiro atoms. The predicted octanol–water partition coefficient (Wildman–Crippen LogP) is 5.58. The van der Waals surface area contributed by atoms with E-state index in [4.69, 9.17) is 16.0 Å². The van der Waals surface area contributed by atoms with Gasteiger partial charge in [-0.2, -0.15) is 0 Å². The Labute approximate surface area is 199 Å². The first kappa shape index (κ1) is 23.1. The number of hydrogen-bond acceptors (Lipinski definition) is 4. The lowest BCUT2D eigenvalue weighted by molar-refractivity contribution is 0.0934. The van der Waals surface area contributed by atoms with Crippen LogP contribution in [-0.2, 0) is 19.5 Å². The number of aromatic amines is 1.